The van der Waals surface area contributed by atoms with E-state index in [0.29, 0.717) is 5.69 Å². The van der Waals surface area contributed by atoms with Gasteiger partial charge in [0.05, 0.1) is 0 Å². The van der Waals surface area contributed by atoms with Crippen molar-refractivity contribution in [2.24, 2.45) is 0 Å². The van der Waals surface area contributed by atoms with Crippen LogP contribution in [0.25, 0.3) is 21.9 Å². The van der Waals surface area contributed by atoms with Gasteiger partial charge in [-0.05, 0) is 34.0 Å². The molecule has 3 aromatic rings. The van der Waals surface area contributed by atoms with Crippen molar-refractivity contribution in [2.45, 2.75) is 0 Å². The summed E-state index contributed by atoms with van der Waals surface area (Å²) in [6.07, 6.45) is 0. The van der Waals surface area contributed by atoms with Crippen molar-refractivity contribution in [3.8, 4) is 29.3 Å². The zero-order chi connectivity index (χ0) is 17.6. The number of rotatable bonds is 3. The molecule has 0 fully saturated rings. The lowest BCUT2D eigenvalue weighted by Gasteiger charge is -2.09. The average Bonchev–Trinajstić information content (AvgIpc) is 2.68. The highest BCUT2D eigenvalue weighted by Crippen LogP contribution is 2.29. The molecule has 0 saturated carbocycles. The molecule has 116 valence electrons. The molecule has 1 N–H and O–H groups in total. The number of nitriles is 3. The van der Waals surface area contributed by atoms with Crippen LogP contribution < -0.4 is 5.32 Å². The molecule has 0 heterocycles. The first kappa shape index (κ1) is 15.8. The molecule has 0 atom stereocenters. The maximum Gasteiger partial charge on any atom is 0.163 e. The van der Waals surface area contributed by atoms with Gasteiger partial charge in [-0.1, -0.05) is 54.6 Å². The molecule has 0 spiro atoms. The number of fused-ring (bicyclic) bond motifs is 1. The Balaban J connectivity index is 1.96. The highest BCUT2D eigenvalue weighted by molar-refractivity contribution is 5.96. The minimum absolute atomic E-state index is 0.0529. The Kier molecular flexibility index (Phi) is 4.43. The van der Waals surface area contributed by atoms with Crippen LogP contribution in [0, 0.1) is 34.0 Å². The summed E-state index contributed by atoms with van der Waals surface area (Å²) in [5.41, 5.74) is 2.52. The Bertz CT molecular complexity index is 1070. The third-order valence-corrected chi connectivity index (χ3v) is 3.84. The van der Waals surface area contributed by atoms with E-state index in [1.165, 1.54) is 10.8 Å². The third kappa shape index (κ3) is 3.17. The summed E-state index contributed by atoms with van der Waals surface area (Å²) < 4.78 is 0. The van der Waals surface area contributed by atoms with Crippen LogP contribution in [0.1, 0.15) is 0 Å². The third-order valence-electron chi connectivity index (χ3n) is 3.84. The molecule has 0 aliphatic carbocycles. The summed E-state index contributed by atoms with van der Waals surface area (Å²) >= 11 is 0. The van der Waals surface area contributed by atoms with E-state index in [2.05, 4.69) is 29.6 Å². The fourth-order valence-corrected chi connectivity index (χ4v) is 2.64. The average molecular weight is 320 g/mol. The zero-order valence-corrected chi connectivity index (χ0v) is 13.2. The van der Waals surface area contributed by atoms with Crippen LogP contribution in [0.5, 0.6) is 0 Å². The molecule has 0 aromatic heterocycles. The monoisotopic (exact) mass is 320 g/mol. The Morgan fingerprint density at radius 3 is 2.08 bits per heavy atom. The molecule has 0 saturated heterocycles. The van der Waals surface area contributed by atoms with Gasteiger partial charge in [0.1, 0.15) is 23.9 Å². The molecule has 3 rings (SSSR count). The highest BCUT2D eigenvalue weighted by Gasteiger charge is 2.07. The fraction of sp³-hybridized carbons (Fsp3) is 0. The summed E-state index contributed by atoms with van der Waals surface area (Å²) in [5.74, 6) is 0. The van der Waals surface area contributed by atoms with Gasteiger partial charge in [0.2, 0.25) is 0 Å². The van der Waals surface area contributed by atoms with Crippen molar-refractivity contribution in [1.82, 2.24) is 0 Å². The molecule has 0 radical (unpaired) electrons. The number of nitrogens with zero attached hydrogens (tertiary/aromatic N) is 3. The topological polar surface area (TPSA) is 83.4 Å². The lowest BCUT2D eigenvalue weighted by atomic mass is 9.98. The van der Waals surface area contributed by atoms with E-state index in [1.807, 2.05) is 48.5 Å². The van der Waals surface area contributed by atoms with E-state index >= 15 is 0 Å². The number of hydrogen-bond donors (Lipinski definition) is 1. The second-order valence-corrected chi connectivity index (χ2v) is 5.31. The lowest BCUT2D eigenvalue weighted by Crippen LogP contribution is -2.00. The van der Waals surface area contributed by atoms with Crippen molar-refractivity contribution in [1.29, 1.82) is 15.8 Å². The van der Waals surface area contributed by atoms with Gasteiger partial charge in [0.25, 0.3) is 0 Å². The van der Waals surface area contributed by atoms with E-state index in [1.54, 1.807) is 12.1 Å². The van der Waals surface area contributed by atoms with Gasteiger partial charge in [0.15, 0.2) is 5.57 Å². The van der Waals surface area contributed by atoms with Crippen molar-refractivity contribution in [3.63, 3.8) is 0 Å². The number of nitrogens with one attached hydrogen (secondary N) is 1. The predicted molar refractivity (Wildman–Crippen MR) is 96.9 cm³/mol. The van der Waals surface area contributed by atoms with Crippen LogP contribution >= 0.6 is 0 Å². The summed E-state index contributed by atoms with van der Waals surface area (Å²) in [4.78, 5) is 0. The first-order chi connectivity index (χ1) is 12.3. The highest BCUT2D eigenvalue weighted by atomic mass is 14.9. The SMILES string of the molecule is N#CC(C#N)=C(C#N)Nc1ccc(-c2cccc3ccccc23)cc1. The van der Waals surface area contributed by atoms with Crippen molar-refractivity contribution in [3.05, 3.63) is 78.0 Å². The second-order valence-electron chi connectivity index (χ2n) is 5.31. The molecule has 3 aromatic carbocycles. The van der Waals surface area contributed by atoms with Crippen LogP contribution in [0.2, 0.25) is 0 Å². The second kappa shape index (κ2) is 7.01. The van der Waals surface area contributed by atoms with E-state index < -0.39 is 0 Å². The van der Waals surface area contributed by atoms with Crippen LogP contribution in [-0.2, 0) is 0 Å². The molecule has 0 aliphatic rings. The summed E-state index contributed by atoms with van der Waals surface area (Å²) in [6.45, 7) is 0. The number of hydrogen-bond acceptors (Lipinski definition) is 4. The van der Waals surface area contributed by atoms with Gasteiger partial charge >= 0.3 is 0 Å². The fourth-order valence-electron chi connectivity index (χ4n) is 2.64. The van der Waals surface area contributed by atoms with Gasteiger partial charge in [0, 0.05) is 5.69 Å². The minimum atomic E-state index is -0.236. The Morgan fingerprint density at radius 2 is 1.40 bits per heavy atom. The van der Waals surface area contributed by atoms with Crippen LogP contribution in [-0.4, -0.2) is 0 Å². The molecule has 4 nitrogen and oxygen atoms in total. The Morgan fingerprint density at radius 1 is 0.720 bits per heavy atom. The predicted octanol–water partition coefficient (Wildman–Crippen LogP) is 4.74. The van der Waals surface area contributed by atoms with Crippen molar-refractivity contribution < 1.29 is 0 Å². The first-order valence-electron chi connectivity index (χ1n) is 7.56. The minimum Gasteiger partial charge on any atom is -0.345 e. The summed E-state index contributed by atoms with van der Waals surface area (Å²) in [5, 5.41) is 32.0. The number of anilines is 1. The molecule has 0 aliphatic heterocycles. The Labute approximate surface area is 145 Å². The van der Waals surface area contributed by atoms with E-state index in [0.717, 1.165) is 11.1 Å². The molecule has 0 amide bonds. The van der Waals surface area contributed by atoms with Crippen molar-refractivity contribution >= 4 is 16.5 Å². The lowest BCUT2D eigenvalue weighted by molar-refractivity contribution is 1.37. The number of benzene rings is 3. The Hall–Kier alpha value is -4.07. The molecule has 4 heteroatoms. The van der Waals surface area contributed by atoms with Crippen molar-refractivity contribution in [2.75, 3.05) is 5.32 Å². The maximum atomic E-state index is 9.10. The van der Waals surface area contributed by atoms with Gasteiger partial charge < -0.3 is 5.32 Å². The van der Waals surface area contributed by atoms with Gasteiger partial charge in [-0.25, -0.2) is 0 Å². The van der Waals surface area contributed by atoms with E-state index in [4.69, 9.17) is 15.8 Å². The quantitative estimate of drug-likeness (QED) is 0.706. The van der Waals surface area contributed by atoms with Gasteiger partial charge in [-0.2, -0.15) is 15.8 Å². The number of allylic oxidation sites excluding steroid dienone is 2. The van der Waals surface area contributed by atoms with E-state index in [-0.39, 0.29) is 11.3 Å². The summed E-state index contributed by atoms with van der Waals surface area (Å²) in [6, 6.07) is 27.1. The zero-order valence-electron chi connectivity index (χ0n) is 13.2. The normalized spacial score (nSPS) is 9.48. The smallest absolute Gasteiger partial charge is 0.163 e. The van der Waals surface area contributed by atoms with Crippen LogP contribution in [0.3, 0.4) is 0 Å². The van der Waals surface area contributed by atoms with Gasteiger partial charge in [-0.3, -0.25) is 0 Å². The van der Waals surface area contributed by atoms with Crippen LogP contribution in [0.4, 0.5) is 5.69 Å². The largest absolute Gasteiger partial charge is 0.345 e. The van der Waals surface area contributed by atoms with Gasteiger partial charge in [-0.15, -0.1) is 0 Å². The maximum absolute atomic E-state index is 9.10. The standard InChI is InChI=1S/C21H12N4/c22-12-17(13-23)21(14-24)25-18-10-8-16(9-11-18)20-7-3-5-15-4-1-2-6-19(15)20/h1-11,25H. The van der Waals surface area contributed by atoms with E-state index in [9.17, 15) is 0 Å². The molecule has 25 heavy (non-hydrogen) atoms. The first-order valence-corrected chi connectivity index (χ1v) is 7.56. The molecular weight excluding hydrogens is 308 g/mol. The van der Waals surface area contributed by atoms with Crippen LogP contribution in [0.15, 0.2) is 78.0 Å². The summed E-state index contributed by atoms with van der Waals surface area (Å²) in [7, 11) is 0. The molecular formula is C21H12N4. The molecule has 0 unspecified atom stereocenters. The molecule has 0 bridgehead atoms.